The van der Waals surface area contributed by atoms with Crippen LogP contribution in [0.3, 0.4) is 0 Å². The van der Waals surface area contributed by atoms with Gasteiger partial charge in [0.1, 0.15) is 0 Å². The van der Waals surface area contributed by atoms with E-state index in [9.17, 15) is 5.11 Å². The SMILES string of the molecule is CCCn1ncc(Cl)c1C(O)CC1CCSCC1. The molecule has 0 spiro atoms. The van der Waals surface area contributed by atoms with Gasteiger partial charge in [-0.15, -0.1) is 0 Å². The molecule has 1 aromatic heterocycles. The molecule has 0 aromatic carbocycles. The lowest BCUT2D eigenvalue weighted by Gasteiger charge is -2.24. The van der Waals surface area contributed by atoms with Crippen molar-refractivity contribution in [2.75, 3.05) is 11.5 Å². The second-order valence-corrected chi connectivity index (χ2v) is 6.54. The van der Waals surface area contributed by atoms with Crippen molar-refractivity contribution in [2.24, 2.45) is 5.92 Å². The summed E-state index contributed by atoms with van der Waals surface area (Å²) in [6.45, 7) is 2.92. The molecule has 1 fully saturated rings. The van der Waals surface area contributed by atoms with Gasteiger partial charge in [0.15, 0.2) is 0 Å². The van der Waals surface area contributed by atoms with Crippen LogP contribution in [0.1, 0.15) is 44.4 Å². The number of hydrogen-bond acceptors (Lipinski definition) is 3. The Morgan fingerprint density at radius 2 is 2.28 bits per heavy atom. The number of aliphatic hydroxyl groups is 1. The third-order valence-corrected chi connectivity index (χ3v) is 4.82. The highest BCUT2D eigenvalue weighted by Gasteiger charge is 2.23. The van der Waals surface area contributed by atoms with Crippen molar-refractivity contribution in [2.45, 2.75) is 45.3 Å². The zero-order valence-electron chi connectivity index (χ0n) is 10.8. The predicted octanol–water partition coefficient (Wildman–Crippen LogP) is 3.51. The second-order valence-electron chi connectivity index (χ2n) is 4.91. The van der Waals surface area contributed by atoms with Gasteiger partial charge in [-0.2, -0.15) is 16.9 Å². The van der Waals surface area contributed by atoms with Crippen LogP contribution >= 0.6 is 23.4 Å². The van der Waals surface area contributed by atoms with Crippen molar-refractivity contribution in [3.63, 3.8) is 0 Å². The van der Waals surface area contributed by atoms with Gasteiger partial charge in [-0.1, -0.05) is 18.5 Å². The van der Waals surface area contributed by atoms with Crippen LogP contribution in [0, 0.1) is 5.92 Å². The summed E-state index contributed by atoms with van der Waals surface area (Å²) in [6, 6.07) is 0. The third kappa shape index (κ3) is 3.43. The van der Waals surface area contributed by atoms with E-state index in [0.29, 0.717) is 10.9 Å². The first kappa shape index (κ1) is 14.2. The van der Waals surface area contributed by atoms with Gasteiger partial charge in [0.25, 0.3) is 0 Å². The van der Waals surface area contributed by atoms with Crippen LogP contribution in [-0.4, -0.2) is 26.4 Å². The van der Waals surface area contributed by atoms with E-state index in [1.807, 2.05) is 16.4 Å². The summed E-state index contributed by atoms with van der Waals surface area (Å²) in [7, 11) is 0. The smallest absolute Gasteiger partial charge is 0.0974 e. The average molecular weight is 289 g/mol. The van der Waals surface area contributed by atoms with Gasteiger partial charge in [-0.25, -0.2) is 0 Å². The molecule has 1 aliphatic rings. The maximum Gasteiger partial charge on any atom is 0.0974 e. The minimum Gasteiger partial charge on any atom is -0.387 e. The molecule has 0 saturated carbocycles. The Labute approximate surface area is 118 Å². The molecule has 2 rings (SSSR count). The van der Waals surface area contributed by atoms with E-state index >= 15 is 0 Å². The van der Waals surface area contributed by atoms with Crippen molar-refractivity contribution in [1.82, 2.24) is 9.78 Å². The van der Waals surface area contributed by atoms with Crippen molar-refractivity contribution in [3.8, 4) is 0 Å². The van der Waals surface area contributed by atoms with Crippen LogP contribution < -0.4 is 0 Å². The fourth-order valence-corrected chi connectivity index (χ4v) is 3.97. The number of halogens is 1. The first-order valence-corrected chi connectivity index (χ1v) is 8.22. The fourth-order valence-electron chi connectivity index (χ4n) is 2.50. The Hall–Kier alpha value is -0.190. The summed E-state index contributed by atoms with van der Waals surface area (Å²) >= 11 is 8.16. The lowest BCUT2D eigenvalue weighted by molar-refractivity contribution is 0.131. The number of aliphatic hydroxyl groups excluding tert-OH is 1. The van der Waals surface area contributed by atoms with Gasteiger partial charge >= 0.3 is 0 Å². The summed E-state index contributed by atoms with van der Waals surface area (Å²) < 4.78 is 1.85. The first-order valence-electron chi connectivity index (χ1n) is 6.69. The largest absolute Gasteiger partial charge is 0.387 e. The standard InChI is InChI=1S/C13H21ClN2OS/c1-2-5-16-13(11(14)9-15-16)12(17)8-10-3-6-18-7-4-10/h9-10,12,17H,2-8H2,1H3. The molecule has 0 aliphatic carbocycles. The molecule has 1 unspecified atom stereocenters. The second kappa shape index (κ2) is 6.83. The topological polar surface area (TPSA) is 38.0 Å². The van der Waals surface area contributed by atoms with Crippen molar-refractivity contribution in [1.29, 1.82) is 0 Å². The summed E-state index contributed by atoms with van der Waals surface area (Å²) in [4.78, 5) is 0. The number of thioether (sulfide) groups is 1. The van der Waals surface area contributed by atoms with Gasteiger partial charge in [-0.05, 0) is 43.1 Å². The van der Waals surface area contributed by atoms with Crippen LogP contribution in [0.4, 0.5) is 0 Å². The zero-order valence-corrected chi connectivity index (χ0v) is 12.4. The highest BCUT2D eigenvalue weighted by molar-refractivity contribution is 7.99. The monoisotopic (exact) mass is 288 g/mol. The molecule has 18 heavy (non-hydrogen) atoms. The molecular weight excluding hydrogens is 268 g/mol. The summed E-state index contributed by atoms with van der Waals surface area (Å²) in [6.07, 6.45) is 5.40. The number of nitrogens with zero attached hydrogens (tertiary/aromatic N) is 2. The Bertz CT molecular complexity index is 377. The maximum absolute atomic E-state index is 10.4. The van der Waals surface area contributed by atoms with Crippen LogP contribution in [0.15, 0.2) is 6.20 Å². The molecule has 1 N–H and O–H groups in total. The van der Waals surface area contributed by atoms with Gasteiger partial charge in [0.05, 0.1) is 23.0 Å². The molecule has 0 amide bonds. The van der Waals surface area contributed by atoms with Crippen LogP contribution in [0.2, 0.25) is 5.02 Å². The van der Waals surface area contributed by atoms with Crippen LogP contribution in [-0.2, 0) is 6.54 Å². The molecule has 102 valence electrons. The summed E-state index contributed by atoms with van der Waals surface area (Å²) in [5.74, 6) is 3.07. The lowest BCUT2D eigenvalue weighted by atomic mass is 9.94. The van der Waals surface area contributed by atoms with E-state index in [1.165, 1.54) is 24.3 Å². The molecule has 0 bridgehead atoms. The summed E-state index contributed by atoms with van der Waals surface area (Å²) in [5.41, 5.74) is 0.803. The molecule has 5 heteroatoms. The van der Waals surface area contributed by atoms with Gasteiger partial charge < -0.3 is 5.11 Å². The van der Waals surface area contributed by atoms with Gasteiger partial charge in [-0.3, -0.25) is 4.68 Å². The average Bonchev–Trinajstić information content (AvgIpc) is 2.72. The quantitative estimate of drug-likeness (QED) is 0.901. The van der Waals surface area contributed by atoms with E-state index in [2.05, 4.69) is 12.0 Å². The van der Waals surface area contributed by atoms with Crippen molar-refractivity contribution < 1.29 is 5.11 Å². The highest BCUT2D eigenvalue weighted by atomic mass is 35.5. The van der Waals surface area contributed by atoms with E-state index in [0.717, 1.165) is 25.1 Å². The number of aryl methyl sites for hydroxylation is 1. The minimum absolute atomic E-state index is 0.473. The number of aromatic nitrogens is 2. The Kier molecular flexibility index (Phi) is 5.39. The molecule has 2 heterocycles. The molecule has 1 saturated heterocycles. The van der Waals surface area contributed by atoms with E-state index in [1.54, 1.807) is 6.20 Å². The van der Waals surface area contributed by atoms with Gasteiger partial charge in [0, 0.05) is 6.54 Å². The molecule has 1 aliphatic heterocycles. The van der Waals surface area contributed by atoms with Crippen LogP contribution in [0.5, 0.6) is 0 Å². The molecule has 1 atom stereocenters. The Balaban J connectivity index is 2.02. The normalized spacial score (nSPS) is 19.1. The van der Waals surface area contributed by atoms with E-state index < -0.39 is 6.10 Å². The Morgan fingerprint density at radius 1 is 1.56 bits per heavy atom. The number of rotatable bonds is 5. The fraction of sp³-hybridized carbons (Fsp3) is 0.769. The maximum atomic E-state index is 10.4. The predicted molar refractivity (Wildman–Crippen MR) is 77.2 cm³/mol. The Morgan fingerprint density at radius 3 is 2.94 bits per heavy atom. The van der Waals surface area contributed by atoms with Gasteiger partial charge in [0.2, 0.25) is 0 Å². The number of hydrogen-bond donors (Lipinski definition) is 1. The molecule has 1 aromatic rings. The molecule has 0 radical (unpaired) electrons. The van der Waals surface area contributed by atoms with E-state index in [-0.39, 0.29) is 0 Å². The van der Waals surface area contributed by atoms with E-state index in [4.69, 9.17) is 11.6 Å². The lowest BCUT2D eigenvalue weighted by Crippen LogP contribution is -2.16. The van der Waals surface area contributed by atoms with Crippen LogP contribution in [0.25, 0.3) is 0 Å². The van der Waals surface area contributed by atoms with Crippen molar-refractivity contribution >= 4 is 23.4 Å². The van der Waals surface area contributed by atoms with Crippen molar-refractivity contribution in [3.05, 3.63) is 16.9 Å². The third-order valence-electron chi connectivity index (χ3n) is 3.48. The highest BCUT2D eigenvalue weighted by Crippen LogP contribution is 2.33. The summed E-state index contributed by atoms with van der Waals surface area (Å²) in [5, 5.41) is 15.2. The zero-order chi connectivity index (χ0) is 13.0. The molecule has 3 nitrogen and oxygen atoms in total. The first-order chi connectivity index (χ1) is 8.72. The molecular formula is C13H21ClN2OS. The minimum atomic E-state index is -0.473.